The Bertz CT molecular complexity index is 598. The molecule has 16 heavy (non-hydrogen) atoms. The molecule has 0 aliphatic rings. The molecule has 0 aliphatic heterocycles. The molecule has 0 aliphatic carbocycles. The van der Waals surface area contributed by atoms with Crippen LogP contribution in [0, 0.1) is 13.8 Å². The van der Waals surface area contributed by atoms with Crippen molar-refractivity contribution in [3.63, 3.8) is 0 Å². The number of thiophene rings is 1. The van der Waals surface area contributed by atoms with E-state index in [-0.39, 0.29) is 10.0 Å². The first-order valence-electron chi connectivity index (χ1n) is 4.49. The van der Waals surface area contributed by atoms with E-state index in [0.29, 0.717) is 5.76 Å². The Morgan fingerprint density at radius 3 is 2.62 bits per heavy atom. The molecule has 7 heteroatoms. The van der Waals surface area contributed by atoms with Gasteiger partial charge in [-0.15, -0.1) is 11.3 Å². The van der Waals surface area contributed by atoms with Crippen LogP contribution in [-0.4, -0.2) is 13.6 Å². The smallest absolute Gasteiger partial charge is 0.272 e. The molecule has 0 radical (unpaired) electrons. The van der Waals surface area contributed by atoms with Gasteiger partial charge in [0.2, 0.25) is 0 Å². The van der Waals surface area contributed by atoms with Crippen LogP contribution in [0.1, 0.15) is 11.3 Å². The SMILES string of the molecule is Cc1csc(S(=O)(=O)Nc2cc(C)on2)c1. The van der Waals surface area contributed by atoms with Crippen LogP contribution in [0.5, 0.6) is 0 Å². The summed E-state index contributed by atoms with van der Waals surface area (Å²) in [5.41, 5.74) is 0.918. The van der Waals surface area contributed by atoms with Gasteiger partial charge in [-0.3, -0.25) is 4.72 Å². The molecule has 5 nitrogen and oxygen atoms in total. The van der Waals surface area contributed by atoms with Crippen LogP contribution in [0.2, 0.25) is 0 Å². The molecule has 0 atom stereocenters. The van der Waals surface area contributed by atoms with E-state index >= 15 is 0 Å². The second-order valence-electron chi connectivity index (χ2n) is 3.37. The molecule has 0 amide bonds. The van der Waals surface area contributed by atoms with Gasteiger partial charge in [-0.1, -0.05) is 5.16 Å². The predicted octanol–water partition coefficient (Wildman–Crippen LogP) is 2.15. The van der Waals surface area contributed by atoms with Crippen molar-refractivity contribution in [1.82, 2.24) is 5.16 Å². The Morgan fingerprint density at radius 2 is 2.12 bits per heavy atom. The molecule has 0 spiro atoms. The van der Waals surface area contributed by atoms with E-state index in [9.17, 15) is 8.42 Å². The normalized spacial score (nSPS) is 11.6. The van der Waals surface area contributed by atoms with Gasteiger partial charge < -0.3 is 4.52 Å². The molecule has 2 heterocycles. The Balaban J connectivity index is 2.27. The third-order valence-electron chi connectivity index (χ3n) is 1.84. The van der Waals surface area contributed by atoms with Gasteiger partial charge in [0.1, 0.15) is 9.97 Å². The Kier molecular flexibility index (Phi) is 2.73. The molecule has 1 N–H and O–H groups in total. The van der Waals surface area contributed by atoms with Crippen molar-refractivity contribution in [1.29, 1.82) is 0 Å². The highest BCUT2D eigenvalue weighted by Crippen LogP contribution is 2.22. The monoisotopic (exact) mass is 258 g/mol. The molecule has 2 rings (SSSR count). The average Bonchev–Trinajstić information content (AvgIpc) is 2.75. The maximum atomic E-state index is 11.8. The highest BCUT2D eigenvalue weighted by atomic mass is 32.2. The Labute approximate surface area is 97.1 Å². The highest BCUT2D eigenvalue weighted by molar-refractivity contribution is 7.94. The first-order valence-corrected chi connectivity index (χ1v) is 6.85. The second-order valence-corrected chi connectivity index (χ2v) is 6.19. The zero-order valence-electron chi connectivity index (χ0n) is 8.72. The minimum atomic E-state index is -3.53. The Hall–Kier alpha value is -1.34. The van der Waals surface area contributed by atoms with Crippen molar-refractivity contribution in [3.05, 3.63) is 28.8 Å². The highest BCUT2D eigenvalue weighted by Gasteiger charge is 2.17. The lowest BCUT2D eigenvalue weighted by atomic mass is 10.4. The summed E-state index contributed by atoms with van der Waals surface area (Å²) in [6.07, 6.45) is 0. The van der Waals surface area contributed by atoms with Crippen molar-refractivity contribution >= 4 is 27.2 Å². The zero-order valence-corrected chi connectivity index (χ0v) is 10.4. The lowest BCUT2D eigenvalue weighted by molar-refractivity contribution is 0.400. The largest absolute Gasteiger partial charge is 0.360 e. The van der Waals surface area contributed by atoms with E-state index in [1.165, 1.54) is 17.4 Å². The van der Waals surface area contributed by atoms with Gasteiger partial charge in [-0.25, -0.2) is 8.42 Å². The number of nitrogens with one attached hydrogen (secondary N) is 1. The van der Waals surface area contributed by atoms with Gasteiger partial charge >= 0.3 is 0 Å². The molecule has 2 aromatic rings. The van der Waals surface area contributed by atoms with Gasteiger partial charge in [0.05, 0.1) is 0 Å². The summed E-state index contributed by atoms with van der Waals surface area (Å²) in [6.45, 7) is 3.54. The van der Waals surface area contributed by atoms with Crippen LogP contribution in [0.15, 0.2) is 26.2 Å². The van der Waals surface area contributed by atoms with Crippen molar-refractivity contribution in [2.24, 2.45) is 0 Å². The molecule has 86 valence electrons. The number of hydrogen-bond donors (Lipinski definition) is 1. The number of anilines is 1. The van der Waals surface area contributed by atoms with Gasteiger partial charge in [-0.05, 0) is 30.9 Å². The first-order chi connectivity index (χ1) is 7.47. The topological polar surface area (TPSA) is 72.2 Å². The molecular weight excluding hydrogens is 248 g/mol. The summed E-state index contributed by atoms with van der Waals surface area (Å²) in [5.74, 6) is 0.753. The van der Waals surface area contributed by atoms with Gasteiger partial charge in [0.25, 0.3) is 10.0 Å². The van der Waals surface area contributed by atoms with Crippen LogP contribution < -0.4 is 4.72 Å². The second kappa shape index (κ2) is 3.91. The number of sulfonamides is 1. The van der Waals surface area contributed by atoms with Gasteiger partial charge in [0, 0.05) is 6.07 Å². The summed E-state index contributed by atoms with van der Waals surface area (Å²) in [7, 11) is -3.53. The summed E-state index contributed by atoms with van der Waals surface area (Å²) in [4.78, 5) is 0. The molecule has 0 bridgehead atoms. The lowest BCUT2D eigenvalue weighted by Crippen LogP contribution is -2.11. The Morgan fingerprint density at radius 1 is 1.38 bits per heavy atom. The summed E-state index contributed by atoms with van der Waals surface area (Å²) >= 11 is 1.17. The molecule has 0 unspecified atom stereocenters. The third kappa shape index (κ3) is 2.25. The van der Waals surface area contributed by atoms with Crippen molar-refractivity contribution in [2.75, 3.05) is 4.72 Å². The van der Waals surface area contributed by atoms with Crippen molar-refractivity contribution in [2.45, 2.75) is 18.1 Å². The summed E-state index contributed by atoms with van der Waals surface area (Å²) < 4.78 is 31.1. The molecule has 0 saturated carbocycles. The fraction of sp³-hybridized carbons (Fsp3) is 0.222. The molecule has 0 saturated heterocycles. The van der Waals surface area contributed by atoms with Crippen molar-refractivity contribution < 1.29 is 12.9 Å². The molecule has 0 aromatic carbocycles. The van der Waals surface area contributed by atoms with E-state index < -0.39 is 10.0 Å². The van der Waals surface area contributed by atoms with Gasteiger partial charge in [-0.2, -0.15) is 0 Å². The standard InChI is InChI=1S/C9H10N2O3S2/c1-6-3-9(15-5-6)16(12,13)11-8-4-7(2)14-10-8/h3-5H,1-2H3,(H,10,11). The van der Waals surface area contributed by atoms with Crippen LogP contribution >= 0.6 is 11.3 Å². The number of aromatic nitrogens is 1. The number of hydrogen-bond acceptors (Lipinski definition) is 5. The van der Waals surface area contributed by atoms with E-state index in [1.807, 2.05) is 6.92 Å². The van der Waals surface area contributed by atoms with Crippen LogP contribution in [0.3, 0.4) is 0 Å². The molecule has 0 fully saturated rings. The maximum absolute atomic E-state index is 11.8. The fourth-order valence-electron chi connectivity index (χ4n) is 1.15. The van der Waals surface area contributed by atoms with E-state index in [0.717, 1.165) is 5.56 Å². The minimum Gasteiger partial charge on any atom is -0.360 e. The van der Waals surface area contributed by atoms with E-state index in [2.05, 4.69) is 9.88 Å². The molecular formula is C9H10N2O3S2. The summed E-state index contributed by atoms with van der Waals surface area (Å²) in [5, 5.41) is 5.35. The average molecular weight is 258 g/mol. The third-order valence-corrected chi connectivity index (χ3v) is 4.75. The number of nitrogens with zero attached hydrogens (tertiary/aromatic N) is 1. The molecule has 2 aromatic heterocycles. The quantitative estimate of drug-likeness (QED) is 0.915. The van der Waals surface area contributed by atoms with Gasteiger partial charge in [0.15, 0.2) is 5.82 Å². The van der Waals surface area contributed by atoms with Crippen LogP contribution in [0.25, 0.3) is 0 Å². The lowest BCUT2D eigenvalue weighted by Gasteiger charge is -2.00. The van der Waals surface area contributed by atoms with E-state index in [1.54, 1.807) is 18.4 Å². The number of aryl methyl sites for hydroxylation is 2. The van der Waals surface area contributed by atoms with E-state index in [4.69, 9.17) is 4.52 Å². The summed E-state index contributed by atoms with van der Waals surface area (Å²) in [6, 6.07) is 3.14. The first kappa shape index (κ1) is 11.2. The van der Waals surface area contributed by atoms with Crippen LogP contribution in [-0.2, 0) is 10.0 Å². The van der Waals surface area contributed by atoms with Crippen LogP contribution in [0.4, 0.5) is 5.82 Å². The predicted molar refractivity (Wildman–Crippen MR) is 61.1 cm³/mol. The fourth-order valence-corrected chi connectivity index (χ4v) is 3.36. The maximum Gasteiger partial charge on any atom is 0.272 e. The number of rotatable bonds is 3. The zero-order chi connectivity index (χ0) is 11.8. The van der Waals surface area contributed by atoms with Crippen molar-refractivity contribution in [3.8, 4) is 0 Å². The minimum absolute atomic E-state index is 0.198.